The number of hydrogen-bond acceptors (Lipinski definition) is 2. The Morgan fingerprint density at radius 3 is 2.41 bits per heavy atom. The minimum absolute atomic E-state index is 0.831. The van der Waals surface area contributed by atoms with Crippen LogP contribution in [0.25, 0.3) is 11.1 Å². The summed E-state index contributed by atoms with van der Waals surface area (Å²) >= 11 is 0. The summed E-state index contributed by atoms with van der Waals surface area (Å²) in [5, 5.41) is 0. The van der Waals surface area contributed by atoms with Gasteiger partial charge in [0, 0.05) is 13.0 Å². The van der Waals surface area contributed by atoms with Crippen molar-refractivity contribution in [3.63, 3.8) is 0 Å². The molecule has 0 amide bonds. The smallest absolute Gasteiger partial charge is 0.122 e. The number of ether oxygens (including phenoxy) is 1. The van der Waals surface area contributed by atoms with Crippen molar-refractivity contribution in [3.05, 3.63) is 89.5 Å². The molecule has 0 atom stereocenters. The van der Waals surface area contributed by atoms with Gasteiger partial charge >= 0.3 is 0 Å². The Labute approximate surface area is 162 Å². The molecule has 0 N–H and O–H groups in total. The molecular weight excluding hydrogens is 330 g/mol. The molecule has 27 heavy (non-hydrogen) atoms. The molecule has 138 valence electrons. The molecule has 1 aliphatic rings. The zero-order valence-corrected chi connectivity index (χ0v) is 16.0. The van der Waals surface area contributed by atoms with Crippen molar-refractivity contribution < 1.29 is 4.74 Å². The molecule has 1 aliphatic heterocycles. The summed E-state index contributed by atoms with van der Waals surface area (Å²) in [7, 11) is 2.21. The van der Waals surface area contributed by atoms with E-state index in [9.17, 15) is 0 Å². The molecule has 0 spiro atoms. The fourth-order valence-electron chi connectivity index (χ4n) is 3.78. The molecular formula is C25H27NO. The van der Waals surface area contributed by atoms with E-state index in [1.807, 2.05) is 0 Å². The summed E-state index contributed by atoms with van der Waals surface area (Å²) in [6.45, 7) is 2.94. The Hall–Kier alpha value is -2.58. The lowest BCUT2D eigenvalue weighted by atomic mass is 10.0. The Bertz CT molecular complexity index is 871. The van der Waals surface area contributed by atoms with Crippen LogP contribution in [0.2, 0.25) is 0 Å². The van der Waals surface area contributed by atoms with Crippen LogP contribution in [0.4, 0.5) is 0 Å². The third-order valence-electron chi connectivity index (χ3n) is 5.27. The first-order chi connectivity index (χ1) is 13.3. The second kappa shape index (κ2) is 8.41. The van der Waals surface area contributed by atoms with Gasteiger partial charge in [-0.05, 0) is 60.3 Å². The lowest BCUT2D eigenvalue weighted by molar-refractivity contribution is 0.322. The van der Waals surface area contributed by atoms with Gasteiger partial charge in [0.25, 0.3) is 0 Å². The van der Waals surface area contributed by atoms with Gasteiger partial charge in [-0.1, -0.05) is 66.7 Å². The fraction of sp³-hybridized carbons (Fsp3) is 0.280. The zero-order chi connectivity index (χ0) is 18.5. The van der Waals surface area contributed by atoms with Crippen molar-refractivity contribution in [1.82, 2.24) is 4.90 Å². The monoisotopic (exact) mass is 357 g/mol. The van der Waals surface area contributed by atoms with Gasteiger partial charge in [0.15, 0.2) is 0 Å². The lowest BCUT2D eigenvalue weighted by Gasteiger charge is -2.17. The number of benzene rings is 3. The Balaban J connectivity index is 1.25. The maximum Gasteiger partial charge on any atom is 0.122 e. The van der Waals surface area contributed by atoms with Crippen molar-refractivity contribution in [1.29, 1.82) is 0 Å². The van der Waals surface area contributed by atoms with Crippen LogP contribution >= 0.6 is 0 Å². The van der Waals surface area contributed by atoms with Gasteiger partial charge in [-0.3, -0.25) is 0 Å². The number of rotatable bonds is 7. The summed E-state index contributed by atoms with van der Waals surface area (Å²) in [5.41, 5.74) is 6.73. The zero-order valence-electron chi connectivity index (χ0n) is 16.0. The molecule has 1 heterocycles. The van der Waals surface area contributed by atoms with Crippen LogP contribution < -0.4 is 4.74 Å². The van der Waals surface area contributed by atoms with E-state index in [4.69, 9.17) is 4.74 Å². The summed E-state index contributed by atoms with van der Waals surface area (Å²) in [4.78, 5) is 2.41. The van der Waals surface area contributed by atoms with Crippen molar-refractivity contribution in [2.45, 2.75) is 25.8 Å². The maximum absolute atomic E-state index is 5.60. The second-order valence-electron chi connectivity index (χ2n) is 7.44. The van der Waals surface area contributed by atoms with E-state index in [0.29, 0.717) is 0 Å². The van der Waals surface area contributed by atoms with Crippen LogP contribution in [-0.4, -0.2) is 25.1 Å². The van der Waals surface area contributed by atoms with E-state index in [1.54, 1.807) is 0 Å². The van der Waals surface area contributed by atoms with Crippen molar-refractivity contribution >= 4 is 0 Å². The highest BCUT2D eigenvalue weighted by atomic mass is 16.5. The molecule has 0 bridgehead atoms. The third kappa shape index (κ3) is 4.58. The Kier molecular flexibility index (Phi) is 5.55. The van der Waals surface area contributed by atoms with Crippen LogP contribution in [-0.2, 0) is 19.4 Å². The number of aryl methyl sites for hydroxylation is 1. The number of hydrogen-bond donors (Lipinski definition) is 0. The van der Waals surface area contributed by atoms with E-state index in [2.05, 4.69) is 84.7 Å². The minimum Gasteiger partial charge on any atom is -0.493 e. The topological polar surface area (TPSA) is 12.5 Å². The van der Waals surface area contributed by atoms with Crippen LogP contribution in [0.15, 0.2) is 72.8 Å². The van der Waals surface area contributed by atoms with Crippen molar-refractivity contribution in [3.8, 4) is 16.9 Å². The molecule has 3 aromatic carbocycles. The predicted molar refractivity (Wildman–Crippen MR) is 112 cm³/mol. The average molecular weight is 357 g/mol. The number of nitrogens with zero attached hydrogens (tertiary/aromatic N) is 1. The molecule has 4 rings (SSSR count). The van der Waals surface area contributed by atoms with Gasteiger partial charge in [0.05, 0.1) is 6.61 Å². The second-order valence-corrected chi connectivity index (χ2v) is 7.44. The standard InChI is InChI=1S/C25H27NO/c1-26(19-21-11-14-25-24(18-21)15-17-27-25)16-5-6-20-9-12-23(13-10-20)22-7-3-2-4-8-22/h2-4,7-14,18H,5-6,15-17,19H2,1H3. The maximum atomic E-state index is 5.60. The van der Waals surface area contributed by atoms with Gasteiger partial charge in [-0.2, -0.15) is 0 Å². The first-order valence-electron chi connectivity index (χ1n) is 9.85. The predicted octanol–water partition coefficient (Wildman–Crippen LogP) is 5.35. The molecule has 0 saturated carbocycles. The van der Waals surface area contributed by atoms with Gasteiger partial charge in [-0.25, -0.2) is 0 Å². The van der Waals surface area contributed by atoms with E-state index in [-0.39, 0.29) is 0 Å². The lowest BCUT2D eigenvalue weighted by Crippen LogP contribution is -2.19. The molecule has 0 saturated heterocycles. The highest BCUT2D eigenvalue weighted by Crippen LogP contribution is 2.26. The Morgan fingerprint density at radius 1 is 0.852 bits per heavy atom. The summed E-state index contributed by atoms with van der Waals surface area (Å²) < 4.78 is 5.60. The van der Waals surface area contributed by atoms with E-state index in [0.717, 1.165) is 38.3 Å². The summed E-state index contributed by atoms with van der Waals surface area (Å²) in [6.07, 6.45) is 3.35. The molecule has 0 unspecified atom stereocenters. The van der Waals surface area contributed by atoms with Crippen LogP contribution in [0.3, 0.4) is 0 Å². The fourth-order valence-corrected chi connectivity index (χ4v) is 3.78. The molecule has 0 fully saturated rings. The molecule has 0 radical (unpaired) electrons. The third-order valence-corrected chi connectivity index (χ3v) is 5.27. The number of fused-ring (bicyclic) bond motifs is 1. The van der Waals surface area contributed by atoms with Crippen molar-refractivity contribution in [2.75, 3.05) is 20.2 Å². The molecule has 2 heteroatoms. The SMILES string of the molecule is CN(CCCc1ccc(-c2ccccc2)cc1)Cc1ccc2c(c1)CCO2. The molecule has 0 aliphatic carbocycles. The van der Waals surface area contributed by atoms with Crippen LogP contribution in [0.5, 0.6) is 5.75 Å². The van der Waals surface area contributed by atoms with E-state index in [1.165, 1.54) is 34.2 Å². The van der Waals surface area contributed by atoms with Crippen molar-refractivity contribution in [2.24, 2.45) is 0 Å². The van der Waals surface area contributed by atoms with E-state index < -0.39 is 0 Å². The molecule has 3 aromatic rings. The summed E-state index contributed by atoms with van der Waals surface area (Å²) in [6, 6.07) is 26.2. The van der Waals surface area contributed by atoms with Gasteiger partial charge < -0.3 is 9.64 Å². The highest BCUT2D eigenvalue weighted by molar-refractivity contribution is 5.63. The normalized spacial score (nSPS) is 12.8. The van der Waals surface area contributed by atoms with E-state index >= 15 is 0 Å². The largest absolute Gasteiger partial charge is 0.493 e. The average Bonchev–Trinajstić information content (AvgIpc) is 3.17. The Morgan fingerprint density at radius 2 is 1.59 bits per heavy atom. The highest BCUT2D eigenvalue weighted by Gasteiger charge is 2.12. The van der Waals surface area contributed by atoms with Crippen LogP contribution in [0.1, 0.15) is 23.1 Å². The van der Waals surface area contributed by atoms with Gasteiger partial charge in [0.1, 0.15) is 5.75 Å². The first-order valence-corrected chi connectivity index (χ1v) is 9.85. The van der Waals surface area contributed by atoms with Crippen LogP contribution in [0, 0.1) is 0 Å². The summed E-state index contributed by atoms with van der Waals surface area (Å²) in [5.74, 6) is 1.07. The van der Waals surface area contributed by atoms with Gasteiger partial charge in [-0.15, -0.1) is 0 Å². The first kappa shape index (κ1) is 17.8. The molecule has 2 nitrogen and oxygen atoms in total. The van der Waals surface area contributed by atoms with Gasteiger partial charge in [0.2, 0.25) is 0 Å². The quantitative estimate of drug-likeness (QED) is 0.565. The minimum atomic E-state index is 0.831. The molecule has 0 aromatic heterocycles.